The molecule has 1 fully saturated rings. The molecule has 1 heterocycles. The standard InChI is InChI=1S/C18H18Cl2F2N2/c19-12-2-4-14(16(20)10-12)18(24-8-1-6-23-7-9-24)15-5-3-13(21)11-17(15)22/h2-5,10-11,18,23H,1,6-9H2. The van der Waals surface area contributed by atoms with Gasteiger partial charge < -0.3 is 5.32 Å². The van der Waals surface area contributed by atoms with E-state index in [1.807, 2.05) is 6.07 Å². The number of nitrogens with one attached hydrogen (secondary N) is 1. The molecule has 0 bridgehead atoms. The monoisotopic (exact) mass is 370 g/mol. The second-order valence-electron chi connectivity index (χ2n) is 5.87. The molecule has 0 amide bonds. The van der Waals surface area contributed by atoms with Crippen LogP contribution in [0.1, 0.15) is 23.6 Å². The lowest BCUT2D eigenvalue weighted by Crippen LogP contribution is -2.33. The molecule has 0 aliphatic carbocycles. The van der Waals surface area contributed by atoms with Crippen LogP contribution in [0.4, 0.5) is 8.78 Å². The quantitative estimate of drug-likeness (QED) is 0.845. The molecule has 2 nitrogen and oxygen atoms in total. The molecule has 0 saturated carbocycles. The Morgan fingerprint density at radius 3 is 2.50 bits per heavy atom. The van der Waals surface area contributed by atoms with Crippen molar-refractivity contribution in [3.05, 3.63) is 69.2 Å². The van der Waals surface area contributed by atoms with E-state index in [2.05, 4.69) is 10.2 Å². The van der Waals surface area contributed by atoms with Gasteiger partial charge in [-0.1, -0.05) is 35.3 Å². The van der Waals surface area contributed by atoms with Gasteiger partial charge in [-0.25, -0.2) is 8.78 Å². The largest absolute Gasteiger partial charge is 0.315 e. The van der Waals surface area contributed by atoms with E-state index in [9.17, 15) is 8.78 Å². The summed E-state index contributed by atoms with van der Waals surface area (Å²) in [7, 11) is 0. The van der Waals surface area contributed by atoms with Crippen molar-refractivity contribution in [2.24, 2.45) is 0 Å². The summed E-state index contributed by atoms with van der Waals surface area (Å²) in [6.07, 6.45) is 0.949. The van der Waals surface area contributed by atoms with Crippen molar-refractivity contribution < 1.29 is 8.78 Å². The van der Waals surface area contributed by atoms with Crippen molar-refractivity contribution in [1.29, 1.82) is 0 Å². The van der Waals surface area contributed by atoms with E-state index in [1.54, 1.807) is 12.1 Å². The highest BCUT2D eigenvalue weighted by molar-refractivity contribution is 6.35. The van der Waals surface area contributed by atoms with E-state index in [4.69, 9.17) is 23.2 Å². The van der Waals surface area contributed by atoms with Crippen LogP contribution in [0.25, 0.3) is 0 Å². The van der Waals surface area contributed by atoms with Gasteiger partial charge in [0.25, 0.3) is 0 Å². The Morgan fingerprint density at radius 2 is 1.75 bits per heavy atom. The second-order valence-corrected chi connectivity index (χ2v) is 6.72. The van der Waals surface area contributed by atoms with Gasteiger partial charge >= 0.3 is 0 Å². The lowest BCUT2D eigenvalue weighted by Gasteiger charge is -2.32. The molecule has 0 radical (unpaired) electrons. The molecule has 1 atom stereocenters. The van der Waals surface area contributed by atoms with Gasteiger partial charge in [-0.2, -0.15) is 0 Å². The molecule has 128 valence electrons. The number of hydrogen-bond donors (Lipinski definition) is 1. The van der Waals surface area contributed by atoms with Gasteiger partial charge in [-0.05, 0) is 36.7 Å². The highest BCUT2D eigenvalue weighted by Crippen LogP contribution is 2.36. The lowest BCUT2D eigenvalue weighted by atomic mass is 9.96. The SMILES string of the molecule is Fc1ccc(C(c2ccc(Cl)cc2Cl)N2CCCNCC2)c(F)c1. The molecule has 0 spiro atoms. The third-order valence-electron chi connectivity index (χ3n) is 4.25. The Bertz CT molecular complexity index is 665. The molecule has 1 aliphatic rings. The van der Waals surface area contributed by atoms with Crippen LogP contribution in [0.15, 0.2) is 36.4 Å². The third kappa shape index (κ3) is 3.89. The van der Waals surface area contributed by atoms with Crippen LogP contribution < -0.4 is 5.32 Å². The number of benzene rings is 2. The summed E-state index contributed by atoms with van der Waals surface area (Å²) in [6, 6.07) is 8.54. The summed E-state index contributed by atoms with van der Waals surface area (Å²) in [5.74, 6) is -1.15. The molecule has 1 N–H and O–H groups in total. The summed E-state index contributed by atoms with van der Waals surface area (Å²) in [5.41, 5.74) is 1.19. The highest BCUT2D eigenvalue weighted by atomic mass is 35.5. The van der Waals surface area contributed by atoms with Crippen LogP contribution in [0.2, 0.25) is 10.0 Å². The van der Waals surface area contributed by atoms with Crippen LogP contribution in [0, 0.1) is 11.6 Å². The van der Waals surface area contributed by atoms with E-state index in [0.29, 0.717) is 15.6 Å². The maximum atomic E-state index is 14.5. The topological polar surface area (TPSA) is 15.3 Å². The number of hydrogen-bond acceptors (Lipinski definition) is 2. The van der Waals surface area contributed by atoms with Gasteiger partial charge in [-0.15, -0.1) is 0 Å². The molecule has 1 saturated heterocycles. The first-order chi connectivity index (χ1) is 11.6. The van der Waals surface area contributed by atoms with Crippen LogP contribution in [-0.4, -0.2) is 31.1 Å². The van der Waals surface area contributed by atoms with Crippen molar-refractivity contribution in [1.82, 2.24) is 10.2 Å². The fourth-order valence-corrected chi connectivity index (χ4v) is 3.64. The predicted molar refractivity (Wildman–Crippen MR) is 93.7 cm³/mol. The van der Waals surface area contributed by atoms with Crippen molar-refractivity contribution in [3.63, 3.8) is 0 Å². The minimum absolute atomic E-state index is 0.379. The fraction of sp³-hybridized carbons (Fsp3) is 0.333. The zero-order valence-electron chi connectivity index (χ0n) is 13.0. The molecule has 1 aliphatic heterocycles. The summed E-state index contributed by atoms with van der Waals surface area (Å²) >= 11 is 12.4. The summed E-state index contributed by atoms with van der Waals surface area (Å²) in [4.78, 5) is 2.17. The van der Waals surface area contributed by atoms with Gasteiger partial charge in [-0.3, -0.25) is 4.90 Å². The van der Waals surface area contributed by atoms with E-state index in [1.165, 1.54) is 12.1 Å². The molecule has 2 aromatic rings. The first kappa shape index (κ1) is 17.6. The molecule has 6 heteroatoms. The Hall–Kier alpha value is -1.20. The summed E-state index contributed by atoms with van der Waals surface area (Å²) < 4.78 is 27.8. The lowest BCUT2D eigenvalue weighted by molar-refractivity contribution is 0.236. The maximum absolute atomic E-state index is 14.5. The Kier molecular flexibility index (Phi) is 5.72. The first-order valence-electron chi connectivity index (χ1n) is 7.91. The normalized spacial score (nSPS) is 17.5. The molecule has 3 rings (SSSR count). The van der Waals surface area contributed by atoms with Crippen LogP contribution >= 0.6 is 23.2 Å². The number of rotatable bonds is 3. The van der Waals surface area contributed by atoms with E-state index in [-0.39, 0.29) is 6.04 Å². The fourth-order valence-electron chi connectivity index (χ4n) is 3.13. The van der Waals surface area contributed by atoms with Crippen molar-refractivity contribution in [3.8, 4) is 0 Å². The number of nitrogens with zero attached hydrogens (tertiary/aromatic N) is 1. The van der Waals surface area contributed by atoms with E-state index < -0.39 is 11.6 Å². The molecular weight excluding hydrogens is 353 g/mol. The first-order valence-corrected chi connectivity index (χ1v) is 8.66. The highest BCUT2D eigenvalue weighted by Gasteiger charge is 2.27. The smallest absolute Gasteiger partial charge is 0.131 e. The van der Waals surface area contributed by atoms with Crippen molar-refractivity contribution in [2.75, 3.05) is 26.2 Å². The Labute approximate surface area is 150 Å². The van der Waals surface area contributed by atoms with Gasteiger partial charge in [0.2, 0.25) is 0 Å². The zero-order chi connectivity index (χ0) is 17.1. The summed E-state index contributed by atoms with van der Waals surface area (Å²) in [5, 5.41) is 4.34. The minimum Gasteiger partial charge on any atom is -0.315 e. The van der Waals surface area contributed by atoms with Crippen molar-refractivity contribution >= 4 is 23.2 Å². The second kappa shape index (κ2) is 7.79. The van der Waals surface area contributed by atoms with E-state index in [0.717, 1.165) is 44.2 Å². The predicted octanol–water partition coefficient (Wildman–Crippen LogP) is 4.66. The number of halogens is 4. The van der Waals surface area contributed by atoms with Gasteiger partial charge in [0.15, 0.2) is 0 Å². The minimum atomic E-state index is -0.588. The maximum Gasteiger partial charge on any atom is 0.131 e. The van der Waals surface area contributed by atoms with Crippen LogP contribution in [0.3, 0.4) is 0 Å². The van der Waals surface area contributed by atoms with Crippen molar-refractivity contribution in [2.45, 2.75) is 12.5 Å². The van der Waals surface area contributed by atoms with E-state index >= 15 is 0 Å². The molecule has 2 aromatic carbocycles. The van der Waals surface area contributed by atoms with Crippen LogP contribution in [0.5, 0.6) is 0 Å². The molecule has 1 unspecified atom stereocenters. The average Bonchev–Trinajstić information content (AvgIpc) is 2.80. The van der Waals surface area contributed by atoms with Gasteiger partial charge in [0.1, 0.15) is 11.6 Å². The average molecular weight is 371 g/mol. The molecule has 24 heavy (non-hydrogen) atoms. The Morgan fingerprint density at radius 1 is 0.958 bits per heavy atom. The third-order valence-corrected chi connectivity index (χ3v) is 4.82. The zero-order valence-corrected chi connectivity index (χ0v) is 14.5. The van der Waals surface area contributed by atoms with Crippen LogP contribution in [-0.2, 0) is 0 Å². The van der Waals surface area contributed by atoms with Gasteiger partial charge in [0, 0.05) is 41.3 Å². The molecular formula is C18H18Cl2F2N2. The molecule has 0 aromatic heterocycles. The summed E-state index contributed by atoms with van der Waals surface area (Å²) in [6.45, 7) is 3.28. The van der Waals surface area contributed by atoms with Gasteiger partial charge in [0.05, 0.1) is 6.04 Å². The Balaban J connectivity index is 2.09.